The van der Waals surface area contributed by atoms with E-state index >= 15 is 0 Å². The van der Waals surface area contributed by atoms with Crippen molar-refractivity contribution in [3.05, 3.63) is 18.2 Å². The lowest BCUT2D eigenvalue weighted by molar-refractivity contribution is -0.0244. The van der Waals surface area contributed by atoms with Crippen molar-refractivity contribution in [3.63, 3.8) is 0 Å². The normalized spacial score (nSPS) is 17.8. The Morgan fingerprint density at radius 2 is 2.50 bits per heavy atom. The molecule has 12 heavy (non-hydrogen) atoms. The Hall–Kier alpha value is -0.870. The molecule has 0 amide bonds. The number of rotatable bonds is 3. The molecule has 0 radical (unpaired) electrons. The van der Waals surface area contributed by atoms with E-state index in [1.54, 1.807) is 0 Å². The number of hydrogen-bond acceptors (Lipinski definition) is 3. The maximum atomic E-state index is 5.46. The second-order valence-corrected chi connectivity index (χ2v) is 2.98. The van der Waals surface area contributed by atoms with E-state index < -0.39 is 0 Å². The Kier molecular flexibility index (Phi) is 2.10. The first-order valence-electron chi connectivity index (χ1n) is 4.21. The summed E-state index contributed by atoms with van der Waals surface area (Å²) in [7, 11) is 0. The van der Waals surface area contributed by atoms with Crippen LogP contribution in [0.2, 0.25) is 0 Å². The van der Waals surface area contributed by atoms with Crippen molar-refractivity contribution < 1.29 is 4.74 Å². The van der Waals surface area contributed by atoms with Gasteiger partial charge in [-0.1, -0.05) is 0 Å². The largest absolute Gasteiger partial charge is 0.377 e. The predicted octanol–water partition coefficient (Wildman–Crippen LogP) is -0.0444. The smallest absolute Gasteiger partial charge is 0.110 e. The minimum atomic E-state index is 0.494. The number of hydrogen-bond donors (Lipinski definition) is 1. The van der Waals surface area contributed by atoms with E-state index in [1.165, 1.54) is 0 Å². The average molecular weight is 167 g/mol. The number of ether oxygens (including phenoxy) is 1. The van der Waals surface area contributed by atoms with E-state index in [9.17, 15) is 0 Å². The fourth-order valence-electron chi connectivity index (χ4n) is 1.38. The number of nitrogens with zero attached hydrogens (tertiary/aromatic N) is 2. The summed E-state index contributed by atoms with van der Waals surface area (Å²) in [6.45, 7) is 2.28. The molecule has 0 saturated carbocycles. The van der Waals surface area contributed by atoms with Crippen LogP contribution in [0.4, 0.5) is 0 Å². The van der Waals surface area contributed by atoms with Crippen LogP contribution in [0.15, 0.2) is 12.4 Å². The highest BCUT2D eigenvalue weighted by molar-refractivity contribution is 4.97. The van der Waals surface area contributed by atoms with E-state index in [0.717, 1.165) is 25.5 Å². The first-order valence-corrected chi connectivity index (χ1v) is 4.21. The summed E-state index contributed by atoms with van der Waals surface area (Å²) < 4.78 is 7.27. The zero-order valence-electron chi connectivity index (χ0n) is 6.94. The van der Waals surface area contributed by atoms with E-state index in [1.807, 2.05) is 12.4 Å². The van der Waals surface area contributed by atoms with Crippen molar-refractivity contribution in [1.82, 2.24) is 9.55 Å². The lowest BCUT2D eigenvalue weighted by Crippen LogP contribution is -2.31. The molecular weight excluding hydrogens is 154 g/mol. The summed E-state index contributed by atoms with van der Waals surface area (Å²) in [6, 6.07) is 0.494. The Balaban J connectivity index is 2.12. The number of nitrogens with two attached hydrogens (primary N) is 1. The molecule has 0 bridgehead atoms. The Labute approximate surface area is 71.3 Å². The summed E-state index contributed by atoms with van der Waals surface area (Å²) in [5.74, 6) is 1.07. The topological polar surface area (TPSA) is 53.1 Å². The molecule has 1 saturated heterocycles. The standard InChI is InChI=1S/C8H13N3O/c9-2-1-8-10-3-4-11(8)7-5-12-6-7/h3-4,7H,1-2,5-6,9H2. The molecule has 1 aliphatic heterocycles. The fourth-order valence-corrected chi connectivity index (χ4v) is 1.38. The molecule has 4 heteroatoms. The minimum absolute atomic E-state index is 0.494. The van der Waals surface area contributed by atoms with Crippen LogP contribution in [-0.4, -0.2) is 29.3 Å². The lowest BCUT2D eigenvalue weighted by Gasteiger charge is -2.28. The molecule has 0 aliphatic carbocycles. The van der Waals surface area contributed by atoms with Crippen LogP contribution >= 0.6 is 0 Å². The van der Waals surface area contributed by atoms with Crippen LogP contribution in [0.25, 0.3) is 0 Å². The summed E-state index contributed by atoms with van der Waals surface area (Å²) in [5, 5.41) is 0. The quantitative estimate of drug-likeness (QED) is 0.687. The molecular formula is C8H13N3O. The second-order valence-electron chi connectivity index (χ2n) is 2.98. The molecule has 0 aromatic carbocycles. The third-order valence-corrected chi connectivity index (χ3v) is 2.13. The van der Waals surface area contributed by atoms with Crippen LogP contribution in [-0.2, 0) is 11.2 Å². The van der Waals surface area contributed by atoms with Gasteiger partial charge in [-0.3, -0.25) is 0 Å². The van der Waals surface area contributed by atoms with Gasteiger partial charge in [0.1, 0.15) is 5.82 Å². The minimum Gasteiger partial charge on any atom is -0.377 e. The summed E-state index contributed by atoms with van der Waals surface area (Å²) in [5.41, 5.74) is 5.46. The maximum absolute atomic E-state index is 5.46. The van der Waals surface area contributed by atoms with Crippen LogP contribution in [0.3, 0.4) is 0 Å². The highest BCUT2D eigenvalue weighted by Crippen LogP contribution is 2.18. The van der Waals surface area contributed by atoms with Gasteiger partial charge < -0.3 is 15.0 Å². The molecule has 1 aliphatic rings. The van der Waals surface area contributed by atoms with Crippen molar-refractivity contribution in [2.45, 2.75) is 12.5 Å². The van der Waals surface area contributed by atoms with Crippen molar-refractivity contribution in [1.29, 1.82) is 0 Å². The van der Waals surface area contributed by atoms with E-state index in [4.69, 9.17) is 10.5 Å². The first-order chi connectivity index (χ1) is 5.92. The highest BCUT2D eigenvalue weighted by atomic mass is 16.5. The van der Waals surface area contributed by atoms with Crippen LogP contribution in [0.5, 0.6) is 0 Å². The number of aromatic nitrogens is 2. The van der Waals surface area contributed by atoms with Crippen molar-refractivity contribution in [2.24, 2.45) is 5.73 Å². The van der Waals surface area contributed by atoms with Crippen LogP contribution < -0.4 is 5.73 Å². The van der Waals surface area contributed by atoms with Gasteiger partial charge in [-0.05, 0) is 6.54 Å². The van der Waals surface area contributed by atoms with E-state index in [2.05, 4.69) is 9.55 Å². The van der Waals surface area contributed by atoms with Crippen molar-refractivity contribution in [3.8, 4) is 0 Å². The predicted molar refractivity (Wildman–Crippen MR) is 44.8 cm³/mol. The van der Waals surface area contributed by atoms with Crippen LogP contribution in [0.1, 0.15) is 11.9 Å². The molecule has 0 spiro atoms. The first kappa shape index (κ1) is 7.76. The van der Waals surface area contributed by atoms with Gasteiger partial charge in [-0.25, -0.2) is 4.98 Å². The highest BCUT2D eigenvalue weighted by Gasteiger charge is 2.21. The second kappa shape index (κ2) is 3.25. The average Bonchev–Trinajstić information content (AvgIpc) is 2.35. The summed E-state index contributed by atoms with van der Waals surface area (Å²) in [4.78, 5) is 4.24. The monoisotopic (exact) mass is 167 g/mol. The third-order valence-electron chi connectivity index (χ3n) is 2.13. The molecule has 2 heterocycles. The van der Waals surface area contributed by atoms with Gasteiger partial charge in [0.05, 0.1) is 19.3 Å². The third kappa shape index (κ3) is 1.23. The van der Waals surface area contributed by atoms with Gasteiger partial charge >= 0.3 is 0 Å². The molecule has 4 nitrogen and oxygen atoms in total. The Bertz CT molecular complexity index is 255. The molecule has 2 N–H and O–H groups in total. The molecule has 2 rings (SSSR count). The number of imidazole rings is 1. The zero-order chi connectivity index (χ0) is 8.39. The summed E-state index contributed by atoms with van der Waals surface area (Å²) >= 11 is 0. The Morgan fingerprint density at radius 1 is 1.67 bits per heavy atom. The zero-order valence-corrected chi connectivity index (χ0v) is 6.94. The van der Waals surface area contributed by atoms with Crippen molar-refractivity contribution >= 4 is 0 Å². The molecule has 1 fully saturated rings. The van der Waals surface area contributed by atoms with Gasteiger partial charge in [-0.2, -0.15) is 0 Å². The van der Waals surface area contributed by atoms with Crippen molar-refractivity contribution in [2.75, 3.05) is 19.8 Å². The lowest BCUT2D eigenvalue weighted by atomic mass is 10.2. The molecule has 1 aromatic heterocycles. The van der Waals surface area contributed by atoms with Gasteiger partial charge in [0.15, 0.2) is 0 Å². The summed E-state index contributed by atoms with van der Waals surface area (Å²) in [6.07, 6.45) is 4.67. The van der Waals surface area contributed by atoms with E-state index in [0.29, 0.717) is 12.6 Å². The van der Waals surface area contributed by atoms with Gasteiger partial charge in [0.2, 0.25) is 0 Å². The van der Waals surface area contributed by atoms with Gasteiger partial charge in [0, 0.05) is 18.8 Å². The molecule has 1 aromatic rings. The Morgan fingerprint density at radius 3 is 3.08 bits per heavy atom. The van der Waals surface area contributed by atoms with Crippen LogP contribution in [0, 0.1) is 0 Å². The fraction of sp³-hybridized carbons (Fsp3) is 0.625. The molecule has 66 valence electrons. The van der Waals surface area contributed by atoms with Gasteiger partial charge in [0.25, 0.3) is 0 Å². The van der Waals surface area contributed by atoms with Gasteiger partial charge in [-0.15, -0.1) is 0 Å². The SMILES string of the molecule is NCCc1nccn1C1COC1. The van der Waals surface area contributed by atoms with E-state index in [-0.39, 0.29) is 0 Å². The maximum Gasteiger partial charge on any atom is 0.110 e. The molecule has 0 unspecified atom stereocenters. The molecule has 0 atom stereocenters.